The number of nitrogens with one attached hydrogen (secondary N) is 2. The number of hydrazine groups is 2. The normalized spacial score (nSPS) is 12.5. The quantitative estimate of drug-likeness (QED) is 0.485. The first-order valence-electron chi connectivity index (χ1n) is 4.29. The van der Waals surface area contributed by atoms with Gasteiger partial charge in [-0.25, -0.2) is 15.6 Å². The highest BCUT2D eigenvalue weighted by Crippen LogP contribution is 2.02. The SMILES string of the molecule is CCNN(NCC)[Si](C)(C)C. The predicted octanol–water partition coefficient (Wildman–Crippen LogP) is 1.17. The van der Waals surface area contributed by atoms with Crippen molar-refractivity contribution in [3.63, 3.8) is 0 Å². The molecule has 0 rings (SSSR count). The maximum Gasteiger partial charge on any atom is 0.157 e. The van der Waals surface area contributed by atoms with Gasteiger partial charge in [0.05, 0.1) is 0 Å². The first-order valence-corrected chi connectivity index (χ1v) is 7.74. The molecule has 0 aliphatic rings. The predicted molar refractivity (Wildman–Crippen MR) is 52.5 cm³/mol. The van der Waals surface area contributed by atoms with Crippen LogP contribution in [0.4, 0.5) is 0 Å². The molecule has 0 saturated heterocycles. The molecular formula is C7H21N3Si. The Hall–Kier alpha value is 0.0969. The zero-order valence-electron chi connectivity index (χ0n) is 8.36. The van der Waals surface area contributed by atoms with Crippen LogP contribution in [0.3, 0.4) is 0 Å². The fraction of sp³-hybridized carbons (Fsp3) is 1.00. The van der Waals surface area contributed by atoms with Gasteiger partial charge in [0.25, 0.3) is 0 Å². The molecule has 0 fully saturated rings. The number of nitrogens with zero attached hydrogens (tertiary/aromatic N) is 1. The highest BCUT2D eigenvalue weighted by Gasteiger charge is 2.22. The molecule has 3 nitrogen and oxygen atoms in total. The summed E-state index contributed by atoms with van der Waals surface area (Å²) in [4.78, 5) is 2.19. The molecule has 0 aromatic heterocycles. The lowest BCUT2D eigenvalue weighted by Crippen LogP contribution is -2.60. The van der Waals surface area contributed by atoms with E-state index in [1.807, 2.05) is 0 Å². The summed E-state index contributed by atoms with van der Waals surface area (Å²) in [6, 6.07) is 0. The molecule has 0 saturated carbocycles. The van der Waals surface area contributed by atoms with Crippen molar-refractivity contribution in [2.45, 2.75) is 33.5 Å². The topological polar surface area (TPSA) is 27.3 Å². The van der Waals surface area contributed by atoms with Crippen molar-refractivity contribution in [2.75, 3.05) is 13.1 Å². The standard InChI is InChI=1S/C7H21N3Si/c1-6-8-10(9-7-2)11(3,4)5/h8-9H,6-7H2,1-5H3. The summed E-state index contributed by atoms with van der Waals surface area (Å²) in [7, 11) is -1.22. The third kappa shape index (κ3) is 4.52. The van der Waals surface area contributed by atoms with Crippen molar-refractivity contribution >= 4 is 8.24 Å². The summed E-state index contributed by atoms with van der Waals surface area (Å²) in [5, 5.41) is 0. The molecule has 4 heteroatoms. The molecule has 0 spiro atoms. The van der Waals surface area contributed by atoms with Crippen molar-refractivity contribution in [2.24, 2.45) is 0 Å². The van der Waals surface area contributed by atoms with Gasteiger partial charge in [-0.1, -0.05) is 33.5 Å². The first kappa shape index (κ1) is 11.1. The Morgan fingerprint density at radius 3 is 1.55 bits per heavy atom. The maximum absolute atomic E-state index is 3.31. The summed E-state index contributed by atoms with van der Waals surface area (Å²) in [6.45, 7) is 13.1. The molecule has 0 aliphatic carbocycles. The average Bonchev–Trinajstić information content (AvgIpc) is 1.85. The zero-order valence-corrected chi connectivity index (χ0v) is 9.36. The minimum absolute atomic E-state index is 0.983. The molecule has 0 radical (unpaired) electrons. The second kappa shape index (κ2) is 4.87. The van der Waals surface area contributed by atoms with E-state index in [-0.39, 0.29) is 0 Å². The van der Waals surface area contributed by atoms with Crippen LogP contribution in [0.25, 0.3) is 0 Å². The van der Waals surface area contributed by atoms with Crippen molar-refractivity contribution in [3.05, 3.63) is 0 Å². The Labute approximate surface area is 71.2 Å². The molecule has 0 aromatic carbocycles. The highest BCUT2D eigenvalue weighted by atomic mass is 28.3. The highest BCUT2D eigenvalue weighted by molar-refractivity contribution is 6.73. The van der Waals surface area contributed by atoms with Crippen LogP contribution in [0.15, 0.2) is 0 Å². The summed E-state index contributed by atoms with van der Waals surface area (Å²) in [6.07, 6.45) is 0. The lowest BCUT2D eigenvalue weighted by Gasteiger charge is -2.33. The zero-order chi connectivity index (χ0) is 8.91. The molecule has 11 heavy (non-hydrogen) atoms. The summed E-state index contributed by atoms with van der Waals surface area (Å²) in [5.41, 5.74) is 6.61. The van der Waals surface area contributed by atoms with Gasteiger partial charge in [0.2, 0.25) is 0 Å². The van der Waals surface area contributed by atoms with E-state index in [9.17, 15) is 0 Å². The Kier molecular flexibility index (Phi) is 4.91. The minimum atomic E-state index is -1.22. The van der Waals surface area contributed by atoms with Crippen molar-refractivity contribution in [3.8, 4) is 0 Å². The average molecular weight is 175 g/mol. The van der Waals surface area contributed by atoms with Crippen LogP contribution in [-0.2, 0) is 0 Å². The third-order valence-corrected chi connectivity index (χ3v) is 2.96. The first-order chi connectivity index (χ1) is 5.02. The fourth-order valence-electron chi connectivity index (χ4n) is 0.846. The van der Waals surface area contributed by atoms with Crippen molar-refractivity contribution < 1.29 is 0 Å². The van der Waals surface area contributed by atoms with E-state index in [0.717, 1.165) is 13.1 Å². The number of hydrogen-bond acceptors (Lipinski definition) is 3. The molecule has 0 unspecified atom stereocenters. The van der Waals surface area contributed by atoms with Crippen molar-refractivity contribution in [1.82, 2.24) is 15.6 Å². The fourth-order valence-corrected chi connectivity index (χ4v) is 2.11. The maximum atomic E-state index is 3.31. The van der Waals surface area contributed by atoms with Gasteiger partial charge in [0.15, 0.2) is 8.24 Å². The second-order valence-electron chi connectivity index (χ2n) is 3.53. The van der Waals surface area contributed by atoms with Crippen molar-refractivity contribution in [1.29, 1.82) is 0 Å². The third-order valence-electron chi connectivity index (χ3n) is 1.30. The van der Waals surface area contributed by atoms with Gasteiger partial charge in [-0.05, 0) is 0 Å². The lowest BCUT2D eigenvalue weighted by molar-refractivity contribution is 0.235. The Morgan fingerprint density at radius 1 is 1.00 bits per heavy atom. The van der Waals surface area contributed by atoms with Crippen LogP contribution in [0.5, 0.6) is 0 Å². The van der Waals surface area contributed by atoms with Crippen LogP contribution >= 0.6 is 0 Å². The van der Waals surface area contributed by atoms with E-state index in [1.54, 1.807) is 0 Å². The van der Waals surface area contributed by atoms with E-state index in [2.05, 4.69) is 49.1 Å². The van der Waals surface area contributed by atoms with Gasteiger partial charge in [-0.3, -0.25) is 0 Å². The summed E-state index contributed by atoms with van der Waals surface area (Å²) < 4.78 is 0. The molecule has 2 N–H and O–H groups in total. The number of hydrogen-bond donors (Lipinski definition) is 2. The van der Waals surface area contributed by atoms with Gasteiger partial charge in [0.1, 0.15) is 0 Å². The Morgan fingerprint density at radius 2 is 1.36 bits per heavy atom. The van der Waals surface area contributed by atoms with Crippen LogP contribution in [0.2, 0.25) is 19.6 Å². The largest absolute Gasteiger partial charge is 0.249 e. The number of rotatable bonds is 5. The monoisotopic (exact) mass is 175 g/mol. The smallest absolute Gasteiger partial charge is 0.157 e. The van der Waals surface area contributed by atoms with Gasteiger partial charge >= 0.3 is 0 Å². The Bertz CT molecular complexity index is 94.3. The summed E-state index contributed by atoms with van der Waals surface area (Å²) in [5.74, 6) is 0. The van der Waals surface area contributed by atoms with Gasteiger partial charge < -0.3 is 0 Å². The van der Waals surface area contributed by atoms with E-state index in [0.29, 0.717) is 0 Å². The second-order valence-corrected chi connectivity index (χ2v) is 8.32. The lowest BCUT2D eigenvalue weighted by atomic mass is 10.8. The Balaban J connectivity index is 3.88. The van der Waals surface area contributed by atoms with Crippen LogP contribution in [0, 0.1) is 0 Å². The molecule has 0 atom stereocenters. The molecule has 0 aliphatic heterocycles. The molecule has 68 valence electrons. The molecular weight excluding hydrogens is 154 g/mol. The molecule has 0 bridgehead atoms. The molecule has 0 amide bonds. The van der Waals surface area contributed by atoms with Crippen LogP contribution in [0.1, 0.15) is 13.8 Å². The molecule has 0 heterocycles. The van der Waals surface area contributed by atoms with Gasteiger partial charge in [-0.2, -0.15) is 0 Å². The van der Waals surface area contributed by atoms with E-state index >= 15 is 0 Å². The molecule has 0 aromatic rings. The van der Waals surface area contributed by atoms with E-state index < -0.39 is 8.24 Å². The minimum Gasteiger partial charge on any atom is -0.249 e. The summed E-state index contributed by atoms with van der Waals surface area (Å²) >= 11 is 0. The van der Waals surface area contributed by atoms with E-state index in [1.165, 1.54) is 0 Å². The van der Waals surface area contributed by atoms with E-state index in [4.69, 9.17) is 0 Å². The van der Waals surface area contributed by atoms with Crippen LogP contribution < -0.4 is 10.9 Å². The van der Waals surface area contributed by atoms with Gasteiger partial charge in [0, 0.05) is 13.1 Å². The van der Waals surface area contributed by atoms with Crippen LogP contribution in [-0.4, -0.2) is 26.1 Å². The van der Waals surface area contributed by atoms with Gasteiger partial charge in [-0.15, -0.1) is 0 Å².